The molecule has 0 radical (unpaired) electrons. The van der Waals surface area contributed by atoms with Crippen molar-refractivity contribution >= 4 is 5.82 Å². The summed E-state index contributed by atoms with van der Waals surface area (Å²) in [5.74, 6) is 6.31. The van der Waals surface area contributed by atoms with E-state index in [0.29, 0.717) is 18.2 Å². The Balaban J connectivity index is 2.31. The third kappa shape index (κ3) is 1.85. The second kappa shape index (κ2) is 4.42. The van der Waals surface area contributed by atoms with Crippen molar-refractivity contribution in [3.63, 3.8) is 0 Å². The highest BCUT2D eigenvalue weighted by molar-refractivity contribution is 5.42. The van der Waals surface area contributed by atoms with E-state index in [1.165, 1.54) is 0 Å². The summed E-state index contributed by atoms with van der Waals surface area (Å²) in [6.45, 7) is 0.510. The first-order chi connectivity index (χ1) is 7.85. The zero-order valence-corrected chi connectivity index (χ0v) is 8.46. The maximum Gasteiger partial charge on any atom is 0.213 e. The number of rotatable bonds is 3. The molecular weight excluding hydrogens is 204 g/mol. The largest absolute Gasteiger partial charge is 0.318 e. The highest BCUT2D eigenvalue weighted by Gasteiger charge is 2.05. The number of hydrogen-bond donors (Lipinski definition) is 2. The molecule has 0 spiro atoms. The fraction of sp³-hybridized carbons (Fsp3) is 0.100. The van der Waals surface area contributed by atoms with Crippen LogP contribution in [-0.2, 0) is 6.54 Å². The van der Waals surface area contributed by atoms with Crippen molar-refractivity contribution in [1.82, 2.24) is 14.5 Å². The van der Waals surface area contributed by atoms with E-state index >= 15 is 0 Å². The molecule has 0 saturated heterocycles. The van der Waals surface area contributed by atoms with Gasteiger partial charge in [-0.25, -0.2) is 15.8 Å². The fourth-order valence-corrected chi connectivity index (χ4v) is 1.43. The molecule has 0 atom stereocenters. The van der Waals surface area contributed by atoms with Gasteiger partial charge < -0.3 is 9.99 Å². The Labute approximate surface area is 92.3 Å². The lowest BCUT2D eigenvalue weighted by molar-refractivity contribution is 0.779. The summed E-state index contributed by atoms with van der Waals surface area (Å²) in [6, 6.07) is 5.72. The van der Waals surface area contributed by atoms with Crippen molar-refractivity contribution < 1.29 is 0 Å². The van der Waals surface area contributed by atoms with Gasteiger partial charge in [0.15, 0.2) is 0 Å². The van der Waals surface area contributed by atoms with E-state index in [-0.39, 0.29) is 0 Å². The molecule has 0 aliphatic carbocycles. The van der Waals surface area contributed by atoms with Gasteiger partial charge in [0.25, 0.3) is 0 Å². The number of nitrogens with one attached hydrogen (secondary N) is 1. The zero-order chi connectivity index (χ0) is 11.4. The smallest absolute Gasteiger partial charge is 0.213 e. The molecule has 0 unspecified atom stereocenters. The Morgan fingerprint density at radius 3 is 3.06 bits per heavy atom. The number of imidazole rings is 1. The minimum absolute atomic E-state index is 0.367. The summed E-state index contributed by atoms with van der Waals surface area (Å²) in [7, 11) is 0. The Hall–Kier alpha value is -2.39. The van der Waals surface area contributed by atoms with Crippen molar-refractivity contribution in [3.05, 3.63) is 42.1 Å². The Bertz CT molecular complexity index is 524. The van der Waals surface area contributed by atoms with Crippen LogP contribution >= 0.6 is 0 Å². The van der Waals surface area contributed by atoms with Crippen molar-refractivity contribution in [2.45, 2.75) is 6.54 Å². The molecule has 2 aromatic rings. The number of hydrogen-bond acceptors (Lipinski definition) is 5. The minimum atomic E-state index is 0.367. The molecule has 0 amide bonds. The lowest BCUT2D eigenvalue weighted by atomic mass is 10.2. The quantitative estimate of drug-likeness (QED) is 0.572. The van der Waals surface area contributed by atoms with Crippen LogP contribution in [-0.4, -0.2) is 14.5 Å². The van der Waals surface area contributed by atoms with Crippen molar-refractivity contribution in [2.24, 2.45) is 5.84 Å². The maximum atomic E-state index is 8.82. The molecule has 6 heteroatoms. The average Bonchev–Trinajstić information content (AvgIpc) is 2.77. The van der Waals surface area contributed by atoms with Gasteiger partial charge in [-0.05, 0) is 6.07 Å². The molecule has 6 nitrogen and oxygen atoms in total. The number of anilines is 1. The van der Waals surface area contributed by atoms with E-state index < -0.39 is 0 Å². The second-order valence-corrected chi connectivity index (χ2v) is 3.15. The predicted molar refractivity (Wildman–Crippen MR) is 58.1 cm³/mol. The molecule has 0 saturated carbocycles. The molecule has 2 heterocycles. The van der Waals surface area contributed by atoms with E-state index in [9.17, 15) is 0 Å². The van der Waals surface area contributed by atoms with Gasteiger partial charge in [-0.1, -0.05) is 6.07 Å². The Morgan fingerprint density at radius 2 is 2.31 bits per heavy atom. The molecule has 0 aromatic carbocycles. The summed E-state index contributed by atoms with van der Waals surface area (Å²) >= 11 is 0. The van der Waals surface area contributed by atoms with Gasteiger partial charge in [0.05, 0.1) is 6.54 Å². The molecule has 80 valence electrons. The molecule has 16 heavy (non-hydrogen) atoms. The lowest BCUT2D eigenvalue weighted by Crippen LogP contribution is -2.12. The second-order valence-electron chi connectivity index (χ2n) is 3.15. The van der Waals surface area contributed by atoms with E-state index in [2.05, 4.69) is 15.4 Å². The predicted octanol–water partition coefficient (Wildman–Crippen LogP) is 0.484. The molecular formula is C10H10N6. The van der Waals surface area contributed by atoms with E-state index in [0.717, 1.165) is 5.56 Å². The van der Waals surface area contributed by atoms with Crippen LogP contribution in [0.4, 0.5) is 5.82 Å². The summed E-state index contributed by atoms with van der Waals surface area (Å²) in [6.07, 6.45) is 4.98. The Kier molecular flexibility index (Phi) is 2.80. The number of aromatic nitrogens is 3. The molecule has 2 aromatic heterocycles. The van der Waals surface area contributed by atoms with E-state index in [1.54, 1.807) is 23.2 Å². The fourth-order valence-electron chi connectivity index (χ4n) is 1.43. The van der Waals surface area contributed by atoms with Gasteiger partial charge in [-0.15, -0.1) is 0 Å². The minimum Gasteiger partial charge on any atom is -0.318 e. The summed E-state index contributed by atoms with van der Waals surface area (Å²) in [4.78, 5) is 8.00. The standard InChI is InChI=1S/C10H10N6/c11-6-9-13-4-5-16(9)7-8-2-1-3-14-10(8)15-12/h1-5H,7,12H2,(H,14,15). The molecule has 0 bridgehead atoms. The topological polar surface area (TPSA) is 92.5 Å². The first-order valence-corrected chi connectivity index (χ1v) is 4.67. The third-order valence-corrected chi connectivity index (χ3v) is 2.18. The van der Waals surface area contributed by atoms with Crippen LogP contribution in [0.3, 0.4) is 0 Å². The monoisotopic (exact) mass is 214 g/mol. The molecule has 3 N–H and O–H groups in total. The lowest BCUT2D eigenvalue weighted by Gasteiger charge is -2.08. The molecule has 0 fully saturated rings. The SMILES string of the molecule is N#Cc1nccn1Cc1cccnc1NN. The van der Waals surface area contributed by atoms with Crippen molar-refractivity contribution in [3.8, 4) is 6.07 Å². The number of hydrazine groups is 1. The first kappa shape index (κ1) is 10.1. The van der Waals surface area contributed by atoms with E-state index in [4.69, 9.17) is 11.1 Å². The summed E-state index contributed by atoms with van der Waals surface area (Å²) < 4.78 is 1.73. The first-order valence-electron chi connectivity index (χ1n) is 4.67. The number of nitrogens with two attached hydrogens (primary N) is 1. The highest BCUT2D eigenvalue weighted by Crippen LogP contribution is 2.12. The van der Waals surface area contributed by atoms with Crippen LogP contribution in [0.2, 0.25) is 0 Å². The number of nitrogen functional groups attached to an aromatic ring is 1. The number of nitriles is 1. The summed E-state index contributed by atoms with van der Waals surface area (Å²) in [5.41, 5.74) is 3.42. The van der Waals surface area contributed by atoms with Crippen LogP contribution in [0.5, 0.6) is 0 Å². The molecule has 2 rings (SSSR count). The van der Waals surface area contributed by atoms with Crippen molar-refractivity contribution in [1.29, 1.82) is 5.26 Å². The maximum absolute atomic E-state index is 8.82. The van der Waals surface area contributed by atoms with Gasteiger partial charge >= 0.3 is 0 Å². The highest BCUT2D eigenvalue weighted by atomic mass is 15.3. The molecule has 0 aliphatic heterocycles. The third-order valence-electron chi connectivity index (χ3n) is 2.18. The van der Waals surface area contributed by atoms with E-state index in [1.807, 2.05) is 18.2 Å². The van der Waals surface area contributed by atoms with Crippen molar-refractivity contribution in [2.75, 3.05) is 5.43 Å². The van der Waals surface area contributed by atoms with Gasteiger partial charge in [-0.3, -0.25) is 0 Å². The van der Waals surface area contributed by atoms with Gasteiger partial charge in [-0.2, -0.15) is 5.26 Å². The van der Waals surface area contributed by atoms with Gasteiger partial charge in [0.1, 0.15) is 11.9 Å². The number of pyridine rings is 1. The van der Waals surface area contributed by atoms with Crippen LogP contribution in [0, 0.1) is 11.3 Å². The van der Waals surface area contributed by atoms with Crippen LogP contribution < -0.4 is 11.3 Å². The van der Waals surface area contributed by atoms with Crippen LogP contribution in [0.25, 0.3) is 0 Å². The molecule has 0 aliphatic rings. The van der Waals surface area contributed by atoms with Crippen LogP contribution in [0.15, 0.2) is 30.7 Å². The number of nitrogens with zero attached hydrogens (tertiary/aromatic N) is 4. The average molecular weight is 214 g/mol. The zero-order valence-electron chi connectivity index (χ0n) is 8.46. The Morgan fingerprint density at radius 1 is 1.44 bits per heavy atom. The van der Waals surface area contributed by atoms with Gasteiger partial charge in [0, 0.05) is 24.2 Å². The normalized spacial score (nSPS) is 9.75. The van der Waals surface area contributed by atoms with Gasteiger partial charge in [0.2, 0.25) is 5.82 Å². The van der Waals surface area contributed by atoms with Crippen LogP contribution in [0.1, 0.15) is 11.4 Å². The summed E-state index contributed by atoms with van der Waals surface area (Å²) in [5, 5.41) is 8.82.